The Morgan fingerprint density at radius 1 is 1.32 bits per heavy atom. The van der Waals surface area contributed by atoms with Gasteiger partial charge in [0.15, 0.2) is 5.65 Å². The maximum Gasteiger partial charge on any atom is 0.234 e. The standard InChI is InChI=1S/C16H14ClN5O2S/c1-9-18-6-11-15(21-9)19-8-20-16(11)25-7-14(23)22-12-5-10(17)3-4-13(12)24-2/h3-6,8H,7H2,1-2H3,(H,22,23). The molecule has 1 amide bonds. The Labute approximate surface area is 153 Å². The van der Waals surface area contributed by atoms with Crippen molar-refractivity contribution in [2.24, 2.45) is 0 Å². The van der Waals surface area contributed by atoms with Gasteiger partial charge in [0.1, 0.15) is 22.9 Å². The van der Waals surface area contributed by atoms with Crippen LogP contribution >= 0.6 is 23.4 Å². The first-order chi connectivity index (χ1) is 12.1. The lowest BCUT2D eigenvalue weighted by molar-refractivity contribution is -0.113. The number of aryl methyl sites for hydroxylation is 1. The third kappa shape index (κ3) is 4.15. The van der Waals surface area contributed by atoms with Crippen LogP contribution in [0, 0.1) is 6.92 Å². The van der Waals surface area contributed by atoms with Crippen LogP contribution in [0.4, 0.5) is 5.69 Å². The molecule has 0 fully saturated rings. The molecule has 0 aliphatic rings. The SMILES string of the molecule is COc1ccc(Cl)cc1NC(=O)CSc1ncnc2nc(C)ncc12. The fraction of sp³-hybridized carbons (Fsp3) is 0.188. The van der Waals surface area contributed by atoms with E-state index < -0.39 is 0 Å². The van der Waals surface area contributed by atoms with E-state index in [0.29, 0.717) is 38.3 Å². The number of amides is 1. The first-order valence-corrected chi connectivity index (χ1v) is 8.63. The summed E-state index contributed by atoms with van der Waals surface area (Å²) in [5, 5.41) is 4.66. The van der Waals surface area contributed by atoms with Crippen molar-refractivity contribution in [3.8, 4) is 5.75 Å². The number of fused-ring (bicyclic) bond motifs is 1. The fourth-order valence-corrected chi connectivity index (χ4v) is 3.06. The lowest BCUT2D eigenvalue weighted by atomic mass is 10.3. The van der Waals surface area contributed by atoms with Gasteiger partial charge in [-0.25, -0.2) is 19.9 Å². The Kier molecular flexibility index (Phi) is 5.30. The molecule has 0 atom stereocenters. The summed E-state index contributed by atoms with van der Waals surface area (Å²) in [5.41, 5.74) is 1.08. The van der Waals surface area contributed by atoms with E-state index in [2.05, 4.69) is 25.3 Å². The zero-order valence-electron chi connectivity index (χ0n) is 13.5. The number of ether oxygens (including phenoxy) is 1. The Balaban J connectivity index is 1.72. The Morgan fingerprint density at radius 2 is 2.16 bits per heavy atom. The normalized spacial score (nSPS) is 10.7. The molecule has 0 radical (unpaired) electrons. The summed E-state index contributed by atoms with van der Waals surface area (Å²) in [5.74, 6) is 1.13. The van der Waals surface area contributed by atoms with Gasteiger partial charge < -0.3 is 10.1 Å². The number of hydrogen-bond donors (Lipinski definition) is 1. The molecule has 0 aliphatic heterocycles. The van der Waals surface area contributed by atoms with E-state index in [9.17, 15) is 4.79 Å². The van der Waals surface area contributed by atoms with Crippen LogP contribution < -0.4 is 10.1 Å². The highest BCUT2D eigenvalue weighted by Gasteiger charge is 2.12. The summed E-state index contributed by atoms with van der Waals surface area (Å²) >= 11 is 7.25. The number of carbonyl (C=O) groups excluding carboxylic acids is 1. The summed E-state index contributed by atoms with van der Waals surface area (Å²) in [4.78, 5) is 29.0. The van der Waals surface area contributed by atoms with Crippen molar-refractivity contribution in [2.75, 3.05) is 18.2 Å². The van der Waals surface area contributed by atoms with E-state index in [0.717, 1.165) is 0 Å². The minimum absolute atomic E-state index is 0.162. The minimum atomic E-state index is -0.203. The van der Waals surface area contributed by atoms with Crippen molar-refractivity contribution in [3.63, 3.8) is 0 Å². The molecule has 3 rings (SSSR count). The molecule has 0 saturated heterocycles. The molecule has 128 valence electrons. The quantitative estimate of drug-likeness (QED) is 0.541. The van der Waals surface area contributed by atoms with Crippen LogP contribution in [0.25, 0.3) is 11.0 Å². The molecule has 2 heterocycles. The number of thioether (sulfide) groups is 1. The minimum Gasteiger partial charge on any atom is -0.495 e. The molecule has 25 heavy (non-hydrogen) atoms. The van der Waals surface area contributed by atoms with Crippen molar-refractivity contribution >= 4 is 46.0 Å². The number of halogens is 1. The van der Waals surface area contributed by atoms with E-state index >= 15 is 0 Å². The topological polar surface area (TPSA) is 89.9 Å². The third-order valence-corrected chi connectivity index (χ3v) is 4.49. The van der Waals surface area contributed by atoms with Gasteiger partial charge in [-0.15, -0.1) is 0 Å². The van der Waals surface area contributed by atoms with E-state index in [1.54, 1.807) is 31.3 Å². The first-order valence-electron chi connectivity index (χ1n) is 7.27. The smallest absolute Gasteiger partial charge is 0.234 e. The number of methoxy groups -OCH3 is 1. The second kappa shape index (κ2) is 7.62. The molecule has 0 bridgehead atoms. The molecule has 0 aliphatic carbocycles. The summed E-state index contributed by atoms with van der Waals surface area (Å²) < 4.78 is 5.22. The van der Waals surface area contributed by atoms with Crippen LogP contribution in [0.3, 0.4) is 0 Å². The van der Waals surface area contributed by atoms with Gasteiger partial charge in [-0.3, -0.25) is 4.79 Å². The van der Waals surface area contributed by atoms with E-state index in [4.69, 9.17) is 16.3 Å². The fourth-order valence-electron chi connectivity index (χ4n) is 2.13. The number of aromatic nitrogens is 4. The van der Waals surface area contributed by atoms with Gasteiger partial charge in [-0.2, -0.15) is 0 Å². The molecular weight excluding hydrogens is 362 g/mol. The maximum atomic E-state index is 12.3. The van der Waals surface area contributed by atoms with Gasteiger partial charge in [0.05, 0.1) is 23.9 Å². The van der Waals surface area contributed by atoms with Gasteiger partial charge in [0.2, 0.25) is 5.91 Å². The number of benzene rings is 1. The van der Waals surface area contributed by atoms with Crippen LogP contribution in [0.15, 0.2) is 35.7 Å². The number of nitrogens with one attached hydrogen (secondary N) is 1. The molecule has 0 saturated carbocycles. The third-order valence-electron chi connectivity index (χ3n) is 3.25. The molecule has 2 aromatic heterocycles. The van der Waals surface area contributed by atoms with Gasteiger partial charge in [0.25, 0.3) is 0 Å². The molecule has 9 heteroatoms. The molecule has 0 unspecified atom stereocenters. The number of carbonyl (C=O) groups is 1. The Hall–Kier alpha value is -2.45. The van der Waals surface area contributed by atoms with Gasteiger partial charge in [0, 0.05) is 11.2 Å². The molecule has 7 nitrogen and oxygen atoms in total. The highest BCUT2D eigenvalue weighted by molar-refractivity contribution is 8.00. The molecule has 0 spiro atoms. The van der Waals surface area contributed by atoms with Gasteiger partial charge in [-0.1, -0.05) is 23.4 Å². The molecule has 1 aromatic carbocycles. The lowest BCUT2D eigenvalue weighted by Gasteiger charge is -2.10. The molecule has 3 aromatic rings. The van der Waals surface area contributed by atoms with Crippen molar-refractivity contribution in [3.05, 3.63) is 41.6 Å². The zero-order chi connectivity index (χ0) is 17.8. The van der Waals surface area contributed by atoms with E-state index in [-0.39, 0.29) is 11.7 Å². The zero-order valence-corrected chi connectivity index (χ0v) is 15.1. The van der Waals surface area contributed by atoms with Crippen LogP contribution in [0.2, 0.25) is 5.02 Å². The van der Waals surface area contributed by atoms with Gasteiger partial charge in [-0.05, 0) is 25.1 Å². The van der Waals surface area contributed by atoms with Crippen molar-refractivity contribution in [1.82, 2.24) is 19.9 Å². The van der Waals surface area contributed by atoms with Crippen LogP contribution in [0.1, 0.15) is 5.82 Å². The summed E-state index contributed by atoms with van der Waals surface area (Å²) in [6, 6.07) is 5.03. The average molecular weight is 376 g/mol. The average Bonchev–Trinajstić information content (AvgIpc) is 2.59. The van der Waals surface area contributed by atoms with Crippen LogP contribution in [-0.2, 0) is 4.79 Å². The Bertz CT molecular complexity index is 938. The van der Waals surface area contributed by atoms with Crippen molar-refractivity contribution in [2.45, 2.75) is 11.9 Å². The summed E-state index contributed by atoms with van der Waals surface area (Å²) in [7, 11) is 1.53. The number of hydrogen-bond acceptors (Lipinski definition) is 7. The second-order valence-corrected chi connectivity index (χ2v) is 6.42. The first kappa shape index (κ1) is 17.4. The second-order valence-electron chi connectivity index (χ2n) is 5.01. The van der Waals surface area contributed by atoms with E-state index in [1.807, 2.05) is 0 Å². The highest BCUT2D eigenvalue weighted by atomic mass is 35.5. The van der Waals surface area contributed by atoms with Crippen molar-refractivity contribution < 1.29 is 9.53 Å². The van der Waals surface area contributed by atoms with Crippen molar-refractivity contribution in [1.29, 1.82) is 0 Å². The molecule has 1 N–H and O–H groups in total. The summed E-state index contributed by atoms with van der Waals surface area (Å²) in [6.45, 7) is 1.79. The number of nitrogens with zero attached hydrogens (tertiary/aromatic N) is 4. The van der Waals surface area contributed by atoms with Crippen LogP contribution in [-0.4, -0.2) is 38.7 Å². The predicted octanol–water partition coefficient (Wildman–Crippen LogP) is 3.12. The number of anilines is 1. The van der Waals surface area contributed by atoms with E-state index in [1.165, 1.54) is 25.2 Å². The highest BCUT2D eigenvalue weighted by Crippen LogP contribution is 2.28. The Morgan fingerprint density at radius 3 is 2.96 bits per heavy atom. The summed E-state index contributed by atoms with van der Waals surface area (Å²) in [6.07, 6.45) is 3.09. The molecular formula is C16H14ClN5O2S. The predicted molar refractivity (Wildman–Crippen MR) is 97.2 cm³/mol. The number of rotatable bonds is 5. The monoisotopic (exact) mass is 375 g/mol. The van der Waals surface area contributed by atoms with Crippen LogP contribution in [0.5, 0.6) is 5.75 Å². The maximum absolute atomic E-state index is 12.3. The lowest BCUT2D eigenvalue weighted by Crippen LogP contribution is -2.15. The largest absolute Gasteiger partial charge is 0.495 e. The van der Waals surface area contributed by atoms with Gasteiger partial charge >= 0.3 is 0 Å².